The third-order valence-electron chi connectivity index (χ3n) is 2.45. The molecule has 2 aromatic heterocycles. The predicted octanol–water partition coefficient (Wildman–Crippen LogP) is 2.66. The number of pyridine rings is 1. The third-order valence-corrected chi connectivity index (χ3v) is 2.90. The fraction of sp³-hybridized carbons (Fsp3) is 0.167. The van der Waals surface area contributed by atoms with Crippen molar-refractivity contribution in [1.29, 1.82) is 0 Å². The summed E-state index contributed by atoms with van der Waals surface area (Å²) in [5, 5.41) is 2.91. The Morgan fingerprint density at radius 3 is 2.76 bits per heavy atom. The number of amides is 1. The molecule has 88 valence electrons. The lowest BCUT2D eigenvalue weighted by Crippen LogP contribution is -2.26. The Bertz CT molecular complexity index is 509. The lowest BCUT2D eigenvalue weighted by atomic mass is 10.1. The van der Waals surface area contributed by atoms with Crippen molar-refractivity contribution in [3.63, 3.8) is 0 Å². The summed E-state index contributed by atoms with van der Waals surface area (Å²) in [5.41, 5.74) is 1.57. The average Bonchev–Trinajstić information content (AvgIpc) is 2.77. The van der Waals surface area contributed by atoms with Crippen LogP contribution in [0.1, 0.15) is 29.0 Å². The molecular weight excluding hydrogens is 282 g/mol. The van der Waals surface area contributed by atoms with Crippen LogP contribution < -0.4 is 5.32 Å². The highest BCUT2D eigenvalue weighted by Gasteiger charge is 2.12. The first-order valence-corrected chi connectivity index (χ1v) is 6.01. The molecule has 0 spiro atoms. The first-order valence-electron chi connectivity index (χ1n) is 5.21. The minimum absolute atomic E-state index is 0.0485. The van der Waals surface area contributed by atoms with Crippen LogP contribution in [0.2, 0.25) is 0 Å². The van der Waals surface area contributed by atoms with Crippen LogP contribution in [0.5, 0.6) is 0 Å². The van der Waals surface area contributed by atoms with Gasteiger partial charge in [0.1, 0.15) is 5.69 Å². The fourth-order valence-corrected chi connectivity index (χ4v) is 1.85. The summed E-state index contributed by atoms with van der Waals surface area (Å²) < 4.78 is 0.860. The summed E-state index contributed by atoms with van der Waals surface area (Å²) >= 11 is 3.29. The van der Waals surface area contributed by atoms with Gasteiger partial charge in [-0.05, 0) is 46.6 Å². The van der Waals surface area contributed by atoms with E-state index in [4.69, 9.17) is 0 Å². The number of rotatable bonds is 3. The van der Waals surface area contributed by atoms with E-state index >= 15 is 0 Å². The number of carbonyl (C=O) groups excluding carboxylic acids is 1. The first kappa shape index (κ1) is 11.9. The van der Waals surface area contributed by atoms with E-state index in [1.54, 1.807) is 24.7 Å². The number of halogens is 1. The Morgan fingerprint density at radius 1 is 1.47 bits per heavy atom. The number of nitrogens with zero attached hydrogens (tertiary/aromatic N) is 1. The van der Waals surface area contributed by atoms with Gasteiger partial charge in [-0.3, -0.25) is 9.78 Å². The smallest absolute Gasteiger partial charge is 0.268 e. The van der Waals surface area contributed by atoms with Crippen molar-refractivity contribution in [3.8, 4) is 0 Å². The lowest BCUT2D eigenvalue weighted by molar-refractivity contribution is 0.0935. The van der Waals surface area contributed by atoms with Crippen molar-refractivity contribution >= 4 is 21.8 Å². The van der Waals surface area contributed by atoms with E-state index in [1.165, 1.54) is 0 Å². The molecule has 0 aromatic carbocycles. The van der Waals surface area contributed by atoms with E-state index in [9.17, 15) is 4.79 Å². The van der Waals surface area contributed by atoms with Gasteiger partial charge in [0.2, 0.25) is 0 Å². The van der Waals surface area contributed by atoms with Gasteiger partial charge in [-0.25, -0.2) is 0 Å². The number of aromatic amines is 1. The van der Waals surface area contributed by atoms with Gasteiger partial charge in [-0.1, -0.05) is 0 Å². The molecule has 0 saturated carbocycles. The van der Waals surface area contributed by atoms with E-state index in [0.717, 1.165) is 10.0 Å². The number of hydrogen-bond donors (Lipinski definition) is 2. The molecule has 0 aliphatic heterocycles. The van der Waals surface area contributed by atoms with Crippen molar-refractivity contribution in [1.82, 2.24) is 15.3 Å². The summed E-state index contributed by atoms with van der Waals surface area (Å²) in [6, 6.07) is 5.47. The molecule has 2 aromatic rings. The van der Waals surface area contributed by atoms with Gasteiger partial charge in [0, 0.05) is 23.1 Å². The molecule has 0 bridgehead atoms. The summed E-state index contributed by atoms with van der Waals surface area (Å²) in [7, 11) is 0. The molecule has 17 heavy (non-hydrogen) atoms. The average molecular weight is 294 g/mol. The number of carbonyl (C=O) groups is 1. The van der Waals surface area contributed by atoms with E-state index in [1.807, 2.05) is 19.1 Å². The quantitative estimate of drug-likeness (QED) is 0.914. The molecular formula is C12H12BrN3O. The fourth-order valence-electron chi connectivity index (χ4n) is 1.51. The molecule has 0 fully saturated rings. The van der Waals surface area contributed by atoms with Crippen LogP contribution in [0.3, 0.4) is 0 Å². The maximum absolute atomic E-state index is 11.9. The zero-order chi connectivity index (χ0) is 12.3. The van der Waals surface area contributed by atoms with Gasteiger partial charge in [0.15, 0.2) is 0 Å². The number of aromatic nitrogens is 2. The van der Waals surface area contributed by atoms with E-state index in [2.05, 4.69) is 31.2 Å². The summed E-state index contributed by atoms with van der Waals surface area (Å²) in [6.45, 7) is 1.94. The SMILES string of the molecule is CC(NC(=O)c1cc(Br)c[nH]1)c1ccncc1. The van der Waals surface area contributed by atoms with Crippen LogP contribution >= 0.6 is 15.9 Å². The zero-order valence-corrected chi connectivity index (χ0v) is 10.9. The van der Waals surface area contributed by atoms with Crippen molar-refractivity contribution < 1.29 is 4.79 Å². The van der Waals surface area contributed by atoms with Crippen molar-refractivity contribution in [2.45, 2.75) is 13.0 Å². The molecule has 1 unspecified atom stereocenters. The van der Waals surface area contributed by atoms with Crippen molar-refractivity contribution in [2.24, 2.45) is 0 Å². The minimum atomic E-state index is -0.125. The van der Waals surface area contributed by atoms with Gasteiger partial charge in [0.05, 0.1) is 6.04 Å². The molecule has 2 heterocycles. The second kappa shape index (κ2) is 5.14. The highest BCUT2D eigenvalue weighted by Crippen LogP contribution is 2.13. The minimum Gasteiger partial charge on any atom is -0.356 e. The van der Waals surface area contributed by atoms with E-state index in [0.29, 0.717) is 5.69 Å². The summed E-state index contributed by atoms with van der Waals surface area (Å²) in [5.74, 6) is -0.125. The Labute approximate surface area is 108 Å². The molecule has 0 saturated heterocycles. The zero-order valence-electron chi connectivity index (χ0n) is 9.27. The topological polar surface area (TPSA) is 57.8 Å². The summed E-state index contributed by atoms with van der Waals surface area (Å²) in [4.78, 5) is 18.7. The normalized spacial score (nSPS) is 12.1. The Morgan fingerprint density at radius 2 is 2.18 bits per heavy atom. The number of nitrogens with one attached hydrogen (secondary N) is 2. The van der Waals surface area contributed by atoms with Crippen molar-refractivity contribution in [3.05, 3.63) is 52.5 Å². The predicted molar refractivity (Wildman–Crippen MR) is 68.6 cm³/mol. The molecule has 2 rings (SSSR count). The van der Waals surface area contributed by atoms with Gasteiger partial charge in [0.25, 0.3) is 5.91 Å². The monoisotopic (exact) mass is 293 g/mol. The van der Waals surface area contributed by atoms with Gasteiger partial charge in [-0.15, -0.1) is 0 Å². The lowest BCUT2D eigenvalue weighted by Gasteiger charge is -2.13. The maximum Gasteiger partial charge on any atom is 0.268 e. The molecule has 0 aliphatic carbocycles. The van der Waals surface area contributed by atoms with Crippen LogP contribution in [-0.2, 0) is 0 Å². The van der Waals surface area contributed by atoms with Crippen molar-refractivity contribution in [2.75, 3.05) is 0 Å². The van der Waals surface area contributed by atoms with Gasteiger partial charge in [-0.2, -0.15) is 0 Å². The highest BCUT2D eigenvalue weighted by molar-refractivity contribution is 9.10. The molecule has 2 N–H and O–H groups in total. The number of hydrogen-bond acceptors (Lipinski definition) is 2. The van der Waals surface area contributed by atoms with Crippen LogP contribution in [0.15, 0.2) is 41.3 Å². The van der Waals surface area contributed by atoms with Crippen LogP contribution in [0, 0.1) is 0 Å². The van der Waals surface area contributed by atoms with Crippen LogP contribution in [0.4, 0.5) is 0 Å². The first-order chi connectivity index (χ1) is 8.16. The molecule has 1 atom stereocenters. The second-order valence-corrected chi connectivity index (χ2v) is 4.62. The highest BCUT2D eigenvalue weighted by atomic mass is 79.9. The Hall–Kier alpha value is -1.62. The molecule has 5 heteroatoms. The third kappa shape index (κ3) is 2.94. The Balaban J connectivity index is 2.04. The standard InChI is InChI=1S/C12H12BrN3O/c1-8(9-2-4-14-5-3-9)16-12(17)11-6-10(13)7-15-11/h2-8,15H,1H3,(H,16,17). The molecule has 0 aliphatic rings. The Kier molecular flexibility index (Phi) is 3.58. The second-order valence-electron chi connectivity index (χ2n) is 3.71. The van der Waals surface area contributed by atoms with Crippen LogP contribution in [0.25, 0.3) is 0 Å². The van der Waals surface area contributed by atoms with Crippen LogP contribution in [-0.4, -0.2) is 15.9 Å². The number of H-pyrrole nitrogens is 1. The van der Waals surface area contributed by atoms with Gasteiger partial charge >= 0.3 is 0 Å². The molecule has 4 nitrogen and oxygen atoms in total. The molecule has 0 radical (unpaired) electrons. The molecule has 1 amide bonds. The van der Waals surface area contributed by atoms with E-state index in [-0.39, 0.29) is 11.9 Å². The summed E-state index contributed by atoms with van der Waals surface area (Å²) in [6.07, 6.45) is 5.15. The largest absolute Gasteiger partial charge is 0.356 e. The van der Waals surface area contributed by atoms with E-state index < -0.39 is 0 Å². The van der Waals surface area contributed by atoms with Gasteiger partial charge < -0.3 is 10.3 Å². The maximum atomic E-state index is 11.9.